The lowest BCUT2D eigenvalue weighted by Crippen LogP contribution is -1.80. The highest BCUT2D eigenvalue weighted by molar-refractivity contribution is 5.74. The third kappa shape index (κ3) is 41.2. The number of hydrogen-bond acceptors (Lipinski definition) is 3. The highest BCUT2D eigenvalue weighted by Crippen LogP contribution is 1.71. The fourth-order valence-corrected chi connectivity index (χ4v) is 0. The van der Waals surface area contributed by atoms with Crippen molar-refractivity contribution in [3.05, 3.63) is 0 Å². The van der Waals surface area contributed by atoms with Crippen molar-refractivity contribution in [2.24, 2.45) is 0 Å². The zero-order valence-electron chi connectivity index (χ0n) is 6.01. The van der Waals surface area contributed by atoms with E-state index < -0.39 is 0 Å². The Balaban J connectivity index is 0. The summed E-state index contributed by atoms with van der Waals surface area (Å²) in [5, 5.41) is 0. The molecule has 0 rings (SSSR count). The van der Waals surface area contributed by atoms with Crippen molar-refractivity contribution in [1.82, 2.24) is 0 Å². The predicted molar refractivity (Wildman–Crippen MR) is 34.0 cm³/mol. The first-order valence-corrected chi connectivity index (χ1v) is 2.64. The van der Waals surface area contributed by atoms with Crippen LogP contribution in [-0.2, 0) is 14.3 Å². The molecule has 0 fully saturated rings. The Kier molecular flexibility index (Phi) is 12.5. The van der Waals surface area contributed by atoms with Gasteiger partial charge in [-0.25, -0.2) is 0 Å². The second-order valence-electron chi connectivity index (χ2n) is 1.39. The molecule has 0 N–H and O–H groups in total. The van der Waals surface area contributed by atoms with E-state index in [2.05, 4.69) is 4.74 Å². The van der Waals surface area contributed by atoms with Crippen molar-refractivity contribution in [2.45, 2.75) is 20.3 Å². The molecule has 0 aliphatic rings. The maximum atomic E-state index is 9.81. The van der Waals surface area contributed by atoms with Crippen molar-refractivity contribution in [3.8, 4) is 0 Å². The van der Waals surface area contributed by atoms with Crippen LogP contribution in [0.1, 0.15) is 20.3 Å². The van der Waals surface area contributed by atoms with Gasteiger partial charge in [-0.3, -0.25) is 4.79 Å². The van der Waals surface area contributed by atoms with Crippen LogP contribution in [0.25, 0.3) is 0 Å². The van der Waals surface area contributed by atoms with Gasteiger partial charge in [0.25, 0.3) is 6.47 Å². The molecule has 0 spiro atoms. The first-order valence-electron chi connectivity index (χ1n) is 2.64. The molecular formula is C6H12O3. The highest BCUT2D eigenvalue weighted by atomic mass is 16.5. The Morgan fingerprint density at radius 1 is 1.67 bits per heavy atom. The molecule has 0 aromatic heterocycles. The number of carbonyl (C=O) groups excluding carboxylic acids is 2. The van der Waals surface area contributed by atoms with Gasteiger partial charge in [0.2, 0.25) is 0 Å². The minimum Gasteiger partial charge on any atom is -0.471 e. The molecule has 54 valence electrons. The van der Waals surface area contributed by atoms with E-state index >= 15 is 0 Å². The monoisotopic (exact) mass is 132 g/mol. The summed E-state index contributed by atoms with van der Waals surface area (Å²) >= 11 is 0. The molecule has 0 aromatic rings. The third-order valence-corrected chi connectivity index (χ3v) is 0.594. The minimum atomic E-state index is 0.255. The van der Waals surface area contributed by atoms with Gasteiger partial charge >= 0.3 is 0 Å². The minimum absolute atomic E-state index is 0.255. The Labute approximate surface area is 55.0 Å². The van der Waals surface area contributed by atoms with Crippen LogP contribution in [0.3, 0.4) is 0 Å². The van der Waals surface area contributed by atoms with E-state index in [1.165, 1.54) is 7.11 Å². The van der Waals surface area contributed by atoms with Gasteiger partial charge in [-0.2, -0.15) is 0 Å². The fourth-order valence-electron chi connectivity index (χ4n) is 0. The normalized spacial score (nSPS) is 6.56. The van der Waals surface area contributed by atoms with E-state index in [0.29, 0.717) is 12.9 Å². The summed E-state index contributed by atoms with van der Waals surface area (Å²) in [5.41, 5.74) is 0. The van der Waals surface area contributed by atoms with Crippen LogP contribution in [0, 0.1) is 0 Å². The first kappa shape index (κ1) is 11.0. The van der Waals surface area contributed by atoms with E-state index in [-0.39, 0.29) is 5.78 Å². The maximum Gasteiger partial charge on any atom is 0.292 e. The topological polar surface area (TPSA) is 43.4 Å². The molecule has 0 radical (unpaired) electrons. The highest BCUT2D eigenvalue weighted by Gasteiger charge is 1.76. The smallest absolute Gasteiger partial charge is 0.292 e. The summed E-state index contributed by atoms with van der Waals surface area (Å²) in [5.74, 6) is 0.255. The van der Waals surface area contributed by atoms with Crippen molar-refractivity contribution >= 4 is 12.3 Å². The van der Waals surface area contributed by atoms with Crippen LogP contribution in [0.5, 0.6) is 0 Å². The number of ether oxygens (including phenoxy) is 1. The molecule has 0 aliphatic carbocycles. The van der Waals surface area contributed by atoms with Gasteiger partial charge in [0.15, 0.2) is 0 Å². The molecule has 0 saturated carbocycles. The van der Waals surface area contributed by atoms with Gasteiger partial charge in [-0.1, -0.05) is 6.92 Å². The SMILES string of the molecule is CCC(C)=O.COC=O. The van der Waals surface area contributed by atoms with E-state index in [9.17, 15) is 4.79 Å². The molecule has 0 unspecified atom stereocenters. The lowest BCUT2D eigenvalue weighted by molar-refractivity contribution is -0.126. The van der Waals surface area contributed by atoms with Crippen molar-refractivity contribution in [2.75, 3.05) is 7.11 Å². The van der Waals surface area contributed by atoms with Crippen LogP contribution >= 0.6 is 0 Å². The summed E-state index contributed by atoms with van der Waals surface area (Å²) in [6, 6.07) is 0. The number of carbonyl (C=O) groups is 2. The Bertz CT molecular complexity index is 78.4. The molecule has 0 aromatic carbocycles. The Morgan fingerprint density at radius 2 is 1.89 bits per heavy atom. The van der Waals surface area contributed by atoms with Crippen LogP contribution in [0.15, 0.2) is 0 Å². The number of rotatable bonds is 2. The molecule has 0 bridgehead atoms. The molecule has 0 atom stereocenters. The van der Waals surface area contributed by atoms with E-state index in [0.717, 1.165) is 0 Å². The van der Waals surface area contributed by atoms with Crippen LogP contribution < -0.4 is 0 Å². The molecular weight excluding hydrogens is 120 g/mol. The predicted octanol–water partition coefficient (Wildman–Crippen LogP) is 0.775. The summed E-state index contributed by atoms with van der Waals surface area (Å²) in [4.78, 5) is 18.8. The second-order valence-corrected chi connectivity index (χ2v) is 1.39. The quantitative estimate of drug-likeness (QED) is 0.521. The molecule has 0 aliphatic heterocycles. The first-order chi connectivity index (χ1) is 4.18. The van der Waals surface area contributed by atoms with Gasteiger partial charge in [-0.05, 0) is 6.92 Å². The standard InChI is InChI=1S/C4H8O.C2H4O2/c1-3-4(2)5;1-4-2-3/h3H2,1-2H3;2H,1H3. The molecule has 3 heteroatoms. The van der Waals surface area contributed by atoms with E-state index in [4.69, 9.17) is 4.79 Å². The second kappa shape index (κ2) is 10.2. The lowest BCUT2D eigenvalue weighted by Gasteiger charge is -1.71. The van der Waals surface area contributed by atoms with Crippen LogP contribution in [0.2, 0.25) is 0 Å². The van der Waals surface area contributed by atoms with Crippen molar-refractivity contribution in [1.29, 1.82) is 0 Å². The molecule has 3 nitrogen and oxygen atoms in total. The van der Waals surface area contributed by atoms with Crippen molar-refractivity contribution < 1.29 is 14.3 Å². The maximum absolute atomic E-state index is 9.81. The Morgan fingerprint density at radius 3 is 1.89 bits per heavy atom. The van der Waals surface area contributed by atoms with Crippen LogP contribution in [-0.4, -0.2) is 19.4 Å². The third-order valence-electron chi connectivity index (χ3n) is 0.594. The van der Waals surface area contributed by atoms with Gasteiger partial charge < -0.3 is 9.53 Å². The van der Waals surface area contributed by atoms with Gasteiger partial charge in [0.1, 0.15) is 5.78 Å². The van der Waals surface area contributed by atoms with Crippen LogP contribution in [0.4, 0.5) is 0 Å². The number of hydrogen-bond donors (Lipinski definition) is 0. The fraction of sp³-hybridized carbons (Fsp3) is 0.667. The molecule has 0 amide bonds. The molecule has 9 heavy (non-hydrogen) atoms. The number of ketones is 1. The van der Waals surface area contributed by atoms with Crippen molar-refractivity contribution in [3.63, 3.8) is 0 Å². The number of Topliss-reactive ketones (excluding diaryl/α,β-unsaturated/α-hetero) is 1. The Hall–Kier alpha value is -0.860. The summed E-state index contributed by atoms with van der Waals surface area (Å²) < 4.78 is 3.86. The largest absolute Gasteiger partial charge is 0.471 e. The summed E-state index contributed by atoms with van der Waals surface area (Å²) in [6.45, 7) is 3.81. The molecule has 0 saturated heterocycles. The van der Waals surface area contributed by atoms with E-state index in [1.807, 2.05) is 6.92 Å². The zero-order chi connectivity index (χ0) is 7.70. The molecule has 0 heterocycles. The summed E-state index contributed by atoms with van der Waals surface area (Å²) in [7, 11) is 1.31. The number of methoxy groups -OCH3 is 1. The summed E-state index contributed by atoms with van der Waals surface area (Å²) in [6.07, 6.45) is 0.667. The van der Waals surface area contributed by atoms with E-state index in [1.54, 1.807) is 6.92 Å². The average molecular weight is 132 g/mol. The average Bonchev–Trinajstić information content (AvgIpc) is 1.89. The van der Waals surface area contributed by atoms with Gasteiger partial charge in [0.05, 0.1) is 7.11 Å². The lowest BCUT2D eigenvalue weighted by atomic mass is 10.4. The van der Waals surface area contributed by atoms with Gasteiger partial charge in [-0.15, -0.1) is 0 Å². The van der Waals surface area contributed by atoms with Gasteiger partial charge in [0, 0.05) is 6.42 Å². The zero-order valence-corrected chi connectivity index (χ0v) is 6.01.